The van der Waals surface area contributed by atoms with Gasteiger partial charge >= 0.3 is 0 Å². The van der Waals surface area contributed by atoms with E-state index in [0.29, 0.717) is 19.1 Å². The lowest BCUT2D eigenvalue weighted by atomic mass is 9.96. The number of aryl methyl sites for hydroxylation is 1. The van der Waals surface area contributed by atoms with Crippen LogP contribution in [0, 0.1) is 0 Å². The number of primary sulfonamides is 1. The Bertz CT molecular complexity index is 939. The number of benzene rings is 1. The summed E-state index contributed by atoms with van der Waals surface area (Å²) in [5, 5.41) is 20.2. The van der Waals surface area contributed by atoms with Crippen molar-refractivity contribution in [2.45, 2.75) is 69.5 Å². The summed E-state index contributed by atoms with van der Waals surface area (Å²) >= 11 is 0. The third-order valence-electron chi connectivity index (χ3n) is 5.27. The van der Waals surface area contributed by atoms with Crippen LogP contribution < -0.4 is 15.8 Å². The molecule has 9 nitrogen and oxygen atoms in total. The van der Waals surface area contributed by atoms with Crippen LogP contribution in [0.2, 0.25) is 0 Å². The highest BCUT2D eigenvalue weighted by atomic mass is 127. The first-order valence-corrected chi connectivity index (χ1v) is 12.0. The molecule has 1 fully saturated rings. The van der Waals surface area contributed by atoms with Gasteiger partial charge in [-0.2, -0.15) is 0 Å². The highest BCUT2D eigenvalue weighted by Gasteiger charge is 2.15. The number of halogens is 1. The third kappa shape index (κ3) is 8.04. The number of sulfonamides is 1. The Morgan fingerprint density at radius 1 is 1.23 bits per heavy atom. The predicted octanol–water partition coefficient (Wildman–Crippen LogP) is 2.17. The van der Waals surface area contributed by atoms with E-state index in [2.05, 4.69) is 27.8 Å². The Morgan fingerprint density at radius 3 is 2.58 bits per heavy atom. The highest BCUT2D eigenvalue weighted by molar-refractivity contribution is 14.0. The monoisotopic (exact) mass is 561 g/mol. The van der Waals surface area contributed by atoms with Crippen LogP contribution in [-0.2, 0) is 29.5 Å². The van der Waals surface area contributed by atoms with Crippen molar-refractivity contribution in [3.63, 3.8) is 0 Å². The quantitative estimate of drug-likeness (QED) is 0.258. The van der Waals surface area contributed by atoms with E-state index >= 15 is 0 Å². The summed E-state index contributed by atoms with van der Waals surface area (Å²) in [5.41, 5.74) is 0.916. The largest absolute Gasteiger partial charge is 0.355 e. The average Bonchev–Trinajstić information content (AvgIpc) is 3.20. The summed E-state index contributed by atoms with van der Waals surface area (Å²) in [4.78, 5) is 4.82. The zero-order chi connectivity index (χ0) is 21.4. The molecule has 0 atom stereocenters. The minimum Gasteiger partial charge on any atom is -0.355 e. The van der Waals surface area contributed by atoms with E-state index in [1.807, 2.05) is 4.57 Å². The van der Waals surface area contributed by atoms with E-state index in [1.54, 1.807) is 18.5 Å². The number of aromatic nitrogens is 3. The van der Waals surface area contributed by atoms with Gasteiger partial charge < -0.3 is 15.2 Å². The van der Waals surface area contributed by atoms with Crippen molar-refractivity contribution in [2.24, 2.45) is 10.1 Å². The summed E-state index contributed by atoms with van der Waals surface area (Å²) in [6, 6.07) is 6.94. The van der Waals surface area contributed by atoms with Crippen LogP contribution in [-0.4, -0.2) is 41.7 Å². The molecule has 1 aromatic carbocycles. The number of nitrogens with one attached hydrogen (secondary N) is 2. The molecule has 0 amide bonds. The van der Waals surface area contributed by atoms with Crippen molar-refractivity contribution in [1.82, 2.24) is 25.4 Å². The summed E-state index contributed by atoms with van der Waals surface area (Å²) in [6.07, 6.45) is 8.65. The van der Waals surface area contributed by atoms with E-state index in [4.69, 9.17) is 10.1 Å². The van der Waals surface area contributed by atoms with Gasteiger partial charge in [-0.15, -0.1) is 34.2 Å². The Labute approximate surface area is 201 Å². The first kappa shape index (κ1) is 25.5. The number of hydrogen-bond acceptors (Lipinski definition) is 5. The van der Waals surface area contributed by atoms with Gasteiger partial charge in [-0.25, -0.2) is 18.5 Å². The molecule has 1 aromatic heterocycles. The molecule has 1 heterocycles. The summed E-state index contributed by atoms with van der Waals surface area (Å²) in [6.45, 7) is 3.96. The van der Waals surface area contributed by atoms with Gasteiger partial charge in [-0.3, -0.25) is 0 Å². The molecule has 0 unspecified atom stereocenters. The molecule has 0 spiro atoms. The van der Waals surface area contributed by atoms with Crippen LogP contribution in [0.25, 0.3) is 0 Å². The van der Waals surface area contributed by atoms with Gasteiger partial charge in [0.05, 0.1) is 11.4 Å². The average molecular weight is 561 g/mol. The van der Waals surface area contributed by atoms with Crippen LogP contribution in [0.4, 0.5) is 0 Å². The van der Waals surface area contributed by atoms with Gasteiger partial charge in [-0.1, -0.05) is 38.3 Å². The van der Waals surface area contributed by atoms with E-state index in [1.165, 1.54) is 31.4 Å². The number of guanidine groups is 1. The van der Waals surface area contributed by atoms with Crippen LogP contribution in [0.5, 0.6) is 0 Å². The first-order valence-electron chi connectivity index (χ1n) is 10.5. The summed E-state index contributed by atoms with van der Waals surface area (Å²) in [7, 11) is -3.68. The van der Waals surface area contributed by atoms with Crippen molar-refractivity contribution in [2.75, 3.05) is 6.54 Å². The number of hydrogen-bond donors (Lipinski definition) is 3. The van der Waals surface area contributed by atoms with Gasteiger partial charge in [0.25, 0.3) is 0 Å². The van der Waals surface area contributed by atoms with E-state index in [0.717, 1.165) is 43.2 Å². The Kier molecular flexibility index (Phi) is 10.2. The maximum atomic E-state index is 11.4. The van der Waals surface area contributed by atoms with Gasteiger partial charge in [0.15, 0.2) is 5.96 Å². The van der Waals surface area contributed by atoms with Crippen molar-refractivity contribution in [3.8, 4) is 0 Å². The van der Waals surface area contributed by atoms with Crippen molar-refractivity contribution >= 4 is 40.0 Å². The predicted molar refractivity (Wildman–Crippen MR) is 132 cm³/mol. The maximum Gasteiger partial charge on any atom is 0.238 e. The standard InChI is InChI=1S/C20H31N7O2S.HI/c1-2-19-26-24-15-27(19)13-12-22-20(25-17-6-4-3-5-7-17)23-14-16-8-10-18(11-9-16)30(21,28)29;/h8-11,15,17H,2-7,12-14H2,1H3,(H2,21,28,29)(H2,22,23,25);1H. The first-order chi connectivity index (χ1) is 14.5. The Balaban J connectivity index is 0.00000341. The molecule has 3 rings (SSSR count). The third-order valence-corrected chi connectivity index (χ3v) is 6.20. The van der Waals surface area contributed by atoms with E-state index in [9.17, 15) is 8.42 Å². The fraction of sp³-hybridized carbons (Fsp3) is 0.550. The fourth-order valence-corrected chi connectivity index (χ4v) is 4.10. The van der Waals surface area contributed by atoms with Crippen LogP contribution in [0.1, 0.15) is 50.4 Å². The normalized spacial score (nSPS) is 15.4. The molecule has 1 saturated carbocycles. The second kappa shape index (κ2) is 12.3. The Morgan fingerprint density at radius 2 is 1.94 bits per heavy atom. The highest BCUT2D eigenvalue weighted by Crippen LogP contribution is 2.17. The molecule has 0 saturated heterocycles. The van der Waals surface area contributed by atoms with Gasteiger partial charge in [0.2, 0.25) is 10.0 Å². The van der Waals surface area contributed by atoms with Gasteiger partial charge in [0, 0.05) is 25.6 Å². The van der Waals surface area contributed by atoms with Gasteiger partial charge in [0.1, 0.15) is 12.2 Å². The van der Waals surface area contributed by atoms with Crippen LogP contribution in [0.3, 0.4) is 0 Å². The lowest BCUT2D eigenvalue weighted by molar-refractivity contribution is 0.409. The van der Waals surface area contributed by atoms with Crippen molar-refractivity contribution < 1.29 is 8.42 Å². The van der Waals surface area contributed by atoms with Crippen molar-refractivity contribution in [3.05, 3.63) is 42.0 Å². The molecular formula is C20H32IN7O2S. The molecule has 0 bridgehead atoms. The molecule has 11 heteroatoms. The van der Waals surface area contributed by atoms with E-state index in [-0.39, 0.29) is 28.9 Å². The molecule has 2 aromatic rings. The van der Waals surface area contributed by atoms with Crippen LogP contribution >= 0.6 is 24.0 Å². The Hall–Kier alpha value is -1.73. The number of aliphatic imine (C=N–C) groups is 1. The summed E-state index contributed by atoms with van der Waals surface area (Å²) in [5.74, 6) is 1.73. The zero-order valence-electron chi connectivity index (χ0n) is 17.8. The lowest BCUT2D eigenvalue weighted by Crippen LogP contribution is -2.45. The topological polar surface area (TPSA) is 127 Å². The molecular weight excluding hydrogens is 529 g/mol. The summed E-state index contributed by atoms with van der Waals surface area (Å²) < 4.78 is 24.9. The zero-order valence-corrected chi connectivity index (χ0v) is 21.0. The lowest BCUT2D eigenvalue weighted by Gasteiger charge is -2.25. The molecule has 31 heavy (non-hydrogen) atoms. The maximum absolute atomic E-state index is 11.4. The minimum atomic E-state index is -3.68. The van der Waals surface area contributed by atoms with E-state index < -0.39 is 10.0 Å². The number of rotatable bonds is 8. The SMILES string of the molecule is CCc1nncn1CCNC(=NCc1ccc(S(N)(=O)=O)cc1)NC1CCCCC1.I. The van der Waals surface area contributed by atoms with Gasteiger partial charge in [-0.05, 0) is 30.5 Å². The molecule has 1 aliphatic rings. The van der Waals surface area contributed by atoms with Crippen LogP contribution in [0.15, 0.2) is 40.5 Å². The smallest absolute Gasteiger partial charge is 0.238 e. The second-order valence-corrected chi connectivity index (χ2v) is 9.12. The number of nitrogens with zero attached hydrogens (tertiary/aromatic N) is 4. The van der Waals surface area contributed by atoms with Crippen molar-refractivity contribution in [1.29, 1.82) is 0 Å². The minimum absolute atomic E-state index is 0. The molecule has 0 aliphatic heterocycles. The molecule has 4 N–H and O–H groups in total. The molecule has 0 radical (unpaired) electrons. The fourth-order valence-electron chi connectivity index (χ4n) is 3.58. The molecule has 1 aliphatic carbocycles. The number of nitrogens with two attached hydrogens (primary N) is 1. The molecule has 172 valence electrons. The second-order valence-electron chi connectivity index (χ2n) is 7.55.